The molecule has 0 aliphatic heterocycles. The van der Waals surface area contributed by atoms with Crippen molar-refractivity contribution in [2.24, 2.45) is 5.41 Å². The van der Waals surface area contributed by atoms with Crippen LogP contribution >= 0.6 is 0 Å². The Morgan fingerprint density at radius 2 is 2.04 bits per heavy atom. The number of ether oxygens (including phenoxy) is 1. The summed E-state index contributed by atoms with van der Waals surface area (Å²) in [5.74, 6) is -1.58. The predicted octanol–water partition coefficient (Wildman–Crippen LogP) is 3.05. The number of nitrogens with one attached hydrogen (secondary N) is 1. The van der Waals surface area contributed by atoms with E-state index in [-0.39, 0.29) is 18.1 Å². The van der Waals surface area contributed by atoms with Gasteiger partial charge in [-0.3, -0.25) is 9.59 Å². The molecule has 2 N–H and O–H groups in total. The van der Waals surface area contributed by atoms with E-state index < -0.39 is 23.2 Å². The number of amides is 1. The van der Waals surface area contributed by atoms with E-state index in [2.05, 4.69) is 5.32 Å². The lowest BCUT2D eigenvalue weighted by atomic mass is 9.82. The molecule has 2 rings (SSSR count). The highest BCUT2D eigenvalue weighted by molar-refractivity contribution is 5.85. The van der Waals surface area contributed by atoms with Crippen LogP contribution in [-0.4, -0.2) is 24.1 Å². The van der Waals surface area contributed by atoms with E-state index >= 15 is 0 Å². The largest absolute Gasteiger partial charge is 0.494 e. The summed E-state index contributed by atoms with van der Waals surface area (Å²) >= 11 is 0. The maximum atomic E-state index is 13.7. The second-order valence-corrected chi connectivity index (χ2v) is 6.15. The second-order valence-electron chi connectivity index (χ2n) is 6.15. The Kier molecular flexibility index (Phi) is 5.23. The summed E-state index contributed by atoms with van der Waals surface area (Å²) in [7, 11) is 1.39. The van der Waals surface area contributed by atoms with E-state index in [0.29, 0.717) is 18.4 Å². The molecule has 1 saturated carbocycles. The first-order valence-corrected chi connectivity index (χ1v) is 7.74. The molecule has 0 radical (unpaired) electrons. The van der Waals surface area contributed by atoms with Gasteiger partial charge in [0.1, 0.15) is 0 Å². The number of benzene rings is 1. The number of carboxylic acids is 1. The highest BCUT2D eigenvalue weighted by Crippen LogP contribution is 2.41. The van der Waals surface area contributed by atoms with Gasteiger partial charge in [-0.2, -0.15) is 0 Å². The summed E-state index contributed by atoms with van der Waals surface area (Å²) < 4.78 is 18.6. The molecule has 23 heavy (non-hydrogen) atoms. The van der Waals surface area contributed by atoms with Crippen LogP contribution in [0.1, 0.15) is 50.6 Å². The molecule has 1 aliphatic rings. The zero-order chi connectivity index (χ0) is 17.0. The third-order valence-corrected chi connectivity index (χ3v) is 4.57. The van der Waals surface area contributed by atoms with Crippen molar-refractivity contribution in [1.82, 2.24) is 5.32 Å². The third kappa shape index (κ3) is 3.81. The quantitative estimate of drug-likeness (QED) is 0.843. The van der Waals surface area contributed by atoms with Crippen molar-refractivity contribution in [2.75, 3.05) is 7.11 Å². The first kappa shape index (κ1) is 17.2. The Hall–Kier alpha value is -2.11. The number of hydrogen-bond donors (Lipinski definition) is 2. The number of methoxy groups -OCH3 is 1. The van der Waals surface area contributed by atoms with Crippen molar-refractivity contribution in [3.63, 3.8) is 0 Å². The number of hydrogen-bond acceptors (Lipinski definition) is 3. The first-order chi connectivity index (χ1) is 10.9. The number of halogens is 1. The van der Waals surface area contributed by atoms with E-state index in [1.165, 1.54) is 19.2 Å². The topological polar surface area (TPSA) is 75.6 Å². The third-order valence-electron chi connectivity index (χ3n) is 4.57. The molecule has 1 atom stereocenters. The van der Waals surface area contributed by atoms with Crippen molar-refractivity contribution >= 4 is 11.9 Å². The van der Waals surface area contributed by atoms with Crippen LogP contribution in [0.3, 0.4) is 0 Å². The zero-order valence-electron chi connectivity index (χ0n) is 13.4. The molecular formula is C17H22FNO4. The lowest BCUT2D eigenvalue weighted by Gasteiger charge is -2.24. The van der Waals surface area contributed by atoms with Gasteiger partial charge >= 0.3 is 5.97 Å². The van der Waals surface area contributed by atoms with Gasteiger partial charge in [0.15, 0.2) is 11.6 Å². The van der Waals surface area contributed by atoms with Crippen LogP contribution in [0.4, 0.5) is 4.39 Å². The zero-order valence-corrected chi connectivity index (χ0v) is 13.4. The average Bonchev–Trinajstić information content (AvgIpc) is 2.96. The van der Waals surface area contributed by atoms with E-state index in [1.807, 2.05) is 0 Å². The molecule has 1 aromatic rings. The van der Waals surface area contributed by atoms with E-state index in [9.17, 15) is 19.1 Å². The van der Waals surface area contributed by atoms with E-state index in [4.69, 9.17) is 4.74 Å². The fourth-order valence-corrected chi connectivity index (χ4v) is 3.15. The van der Waals surface area contributed by atoms with E-state index in [1.54, 1.807) is 13.0 Å². The molecule has 0 heterocycles. The fraction of sp³-hybridized carbons (Fsp3) is 0.529. The van der Waals surface area contributed by atoms with Crippen LogP contribution in [0, 0.1) is 11.2 Å². The van der Waals surface area contributed by atoms with Crippen LogP contribution in [-0.2, 0) is 9.59 Å². The van der Waals surface area contributed by atoms with Gasteiger partial charge < -0.3 is 15.2 Å². The summed E-state index contributed by atoms with van der Waals surface area (Å²) in [4.78, 5) is 23.7. The number of rotatable bonds is 6. The first-order valence-electron chi connectivity index (χ1n) is 7.74. The molecule has 1 aliphatic carbocycles. The SMILES string of the molecule is COc1ccc([C@H](C)NC(=O)CC2(C(=O)O)CCCC2)cc1F. The molecule has 0 aromatic heterocycles. The molecule has 6 heteroatoms. The number of carbonyl (C=O) groups is 2. The van der Waals surface area contributed by atoms with Gasteiger partial charge in [0.05, 0.1) is 18.6 Å². The summed E-state index contributed by atoms with van der Waals surface area (Å²) in [6, 6.07) is 4.08. The van der Waals surface area contributed by atoms with Gasteiger partial charge in [-0.05, 0) is 37.5 Å². The van der Waals surface area contributed by atoms with Gasteiger partial charge in [0.25, 0.3) is 0 Å². The molecule has 126 valence electrons. The minimum Gasteiger partial charge on any atom is -0.494 e. The average molecular weight is 323 g/mol. The van der Waals surface area contributed by atoms with Gasteiger partial charge in [-0.15, -0.1) is 0 Å². The normalized spacial score (nSPS) is 17.5. The van der Waals surface area contributed by atoms with Crippen molar-refractivity contribution < 1.29 is 23.8 Å². The summed E-state index contributed by atoms with van der Waals surface area (Å²) in [5, 5.41) is 12.2. The summed E-state index contributed by atoms with van der Waals surface area (Å²) in [5.41, 5.74) is -0.345. The Bertz CT molecular complexity index is 596. The van der Waals surface area contributed by atoms with Crippen molar-refractivity contribution in [1.29, 1.82) is 0 Å². The predicted molar refractivity (Wildman–Crippen MR) is 82.7 cm³/mol. The lowest BCUT2D eigenvalue weighted by molar-refractivity contribution is -0.151. The van der Waals surface area contributed by atoms with Gasteiger partial charge in [0.2, 0.25) is 5.91 Å². The molecule has 1 amide bonds. The van der Waals surface area contributed by atoms with Crippen LogP contribution in [0.15, 0.2) is 18.2 Å². The van der Waals surface area contributed by atoms with Crippen molar-refractivity contribution in [3.8, 4) is 5.75 Å². The fourth-order valence-electron chi connectivity index (χ4n) is 3.15. The van der Waals surface area contributed by atoms with Crippen LogP contribution in [0.5, 0.6) is 5.75 Å². The van der Waals surface area contributed by atoms with Crippen LogP contribution in [0.25, 0.3) is 0 Å². The molecule has 1 aromatic carbocycles. The Morgan fingerprint density at radius 3 is 2.57 bits per heavy atom. The van der Waals surface area contributed by atoms with E-state index in [0.717, 1.165) is 12.8 Å². The minimum absolute atomic E-state index is 0.0364. The molecule has 0 saturated heterocycles. The van der Waals surface area contributed by atoms with Gasteiger partial charge in [-0.25, -0.2) is 4.39 Å². The maximum absolute atomic E-state index is 13.7. The molecule has 1 fully saturated rings. The highest BCUT2D eigenvalue weighted by Gasteiger charge is 2.43. The molecular weight excluding hydrogens is 301 g/mol. The molecule has 0 unspecified atom stereocenters. The Balaban J connectivity index is 2.02. The van der Waals surface area contributed by atoms with Gasteiger partial charge in [-0.1, -0.05) is 18.9 Å². The maximum Gasteiger partial charge on any atom is 0.310 e. The smallest absolute Gasteiger partial charge is 0.310 e. The molecule has 5 nitrogen and oxygen atoms in total. The molecule has 0 bridgehead atoms. The second kappa shape index (κ2) is 6.98. The minimum atomic E-state index is -0.949. The highest BCUT2D eigenvalue weighted by atomic mass is 19.1. The van der Waals surface area contributed by atoms with Gasteiger partial charge in [0, 0.05) is 6.42 Å². The standard InChI is InChI=1S/C17H22FNO4/c1-11(12-5-6-14(23-2)13(18)9-12)19-15(20)10-17(16(21)22)7-3-4-8-17/h5-6,9,11H,3-4,7-8,10H2,1-2H3,(H,19,20)(H,21,22)/t11-/m0/s1. The number of carboxylic acid groups (broad SMARTS) is 1. The lowest BCUT2D eigenvalue weighted by Crippen LogP contribution is -2.36. The summed E-state index contributed by atoms with van der Waals surface area (Å²) in [6.45, 7) is 1.74. The summed E-state index contributed by atoms with van der Waals surface area (Å²) in [6.07, 6.45) is 2.69. The van der Waals surface area contributed by atoms with Crippen LogP contribution < -0.4 is 10.1 Å². The van der Waals surface area contributed by atoms with Crippen molar-refractivity contribution in [2.45, 2.75) is 45.1 Å². The van der Waals surface area contributed by atoms with Crippen LogP contribution in [0.2, 0.25) is 0 Å². The number of carbonyl (C=O) groups excluding carboxylic acids is 1. The Labute approximate surface area is 134 Å². The number of aliphatic carboxylic acids is 1. The molecule has 0 spiro atoms. The monoisotopic (exact) mass is 323 g/mol. The van der Waals surface area contributed by atoms with Crippen molar-refractivity contribution in [3.05, 3.63) is 29.6 Å². The Morgan fingerprint density at radius 1 is 1.39 bits per heavy atom.